The fraction of sp³-hybridized carbons (Fsp3) is 0.273. The highest BCUT2D eigenvalue weighted by Crippen LogP contribution is 2.46. The van der Waals surface area contributed by atoms with Gasteiger partial charge in [0.1, 0.15) is 6.04 Å². The summed E-state index contributed by atoms with van der Waals surface area (Å²) in [5.74, 6) is -2.32. The van der Waals surface area contributed by atoms with Crippen LogP contribution < -0.4 is 9.47 Å². The normalized spacial score (nSPS) is 24.0. The second-order valence-corrected chi connectivity index (χ2v) is 7.38. The minimum absolute atomic E-state index is 0.00364. The molecule has 0 aliphatic carbocycles. The predicted octanol–water partition coefficient (Wildman–Crippen LogP) is 3.83. The van der Waals surface area contributed by atoms with Gasteiger partial charge in [-0.2, -0.15) is 0 Å². The molecular weight excluding hydrogens is 410 g/mol. The van der Waals surface area contributed by atoms with Crippen LogP contribution in [0.1, 0.15) is 37.6 Å². The van der Waals surface area contributed by atoms with Crippen LogP contribution in [0.3, 0.4) is 0 Å². The van der Waals surface area contributed by atoms with Gasteiger partial charge >= 0.3 is 12.3 Å². The zero-order valence-electron chi connectivity index (χ0n) is 17.3. The second-order valence-electron chi connectivity index (χ2n) is 7.38. The van der Waals surface area contributed by atoms with Gasteiger partial charge in [-0.15, -0.1) is 8.78 Å². The zero-order chi connectivity index (χ0) is 22.8. The van der Waals surface area contributed by atoms with Crippen LogP contribution >= 0.6 is 0 Å². The van der Waals surface area contributed by atoms with E-state index in [9.17, 15) is 24.8 Å². The van der Waals surface area contributed by atoms with Gasteiger partial charge in [0.15, 0.2) is 11.5 Å². The number of hydrogen-bond donors (Lipinski definition) is 2. The first-order valence-electron chi connectivity index (χ1n) is 10.2. The van der Waals surface area contributed by atoms with Gasteiger partial charge in [0.25, 0.3) is 0 Å². The summed E-state index contributed by atoms with van der Waals surface area (Å²) in [6, 6.07) is 7.62. The molecular formula is C22H18F2N2O5. The molecule has 2 unspecified atom stereocenters. The lowest BCUT2D eigenvalue weighted by Gasteiger charge is -2.40. The number of carboxylic acids is 1. The summed E-state index contributed by atoms with van der Waals surface area (Å²) in [4.78, 5) is 29.4. The van der Waals surface area contributed by atoms with Crippen LogP contribution in [0.5, 0.6) is 11.5 Å². The van der Waals surface area contributed by atoms with Crippen LogP contribution in [0.4, 0.5) is 8.78 Å². The molecule has 3 aromatic rings. The zero-order valence-corrected chi connectivity index (χ0v) is 16.3. The molecule has 0 saturated carbocycles. The molecule has 1 amide bonds. The van der Waals surface area contributed by atoms with Gasteiger partial charge in [-0.1, -0.05) is 31.2 Å². The molecule has 0 fully saturated rings. The topological polar surface area (TPSA) is 91.9 Å². The number of benzene rings is 2. The summed E-state index contributed by atoms with van der Waals surface area (Å²) in [5, 5.41) is 10.7. The number of aliphatic carboxylic acids is 1. The summed E-state index contributed by atoms with van der Waals surface area (Å²) in [5.41, 5.74) is 1.67. The molecule has 31 heavy (non-hydrogen) atoms. The number of nitrogens with one attached hydrogen (secondary N) is 1. The van der Waals surface area contributed by atoms with Crippen molar-refractivity contribution in [2.75, 3.05) is 0 Å². The summed E-state index contributed by atoms with van der Waals surface area (Å²) in [7, 11) is 0. The lowest BCUT2D eigenvalue weighted by molar-refractivity contribution is -0.286. The van der Waals surface area contributed by atoms with E-state index < -0.39 is 30.2 Å². The number of aromatic amines is 1. The van der Waals surface area contributed by atoms with Crippen molar-refractivity contribution >= 4 is 22.8 Å². The second kappa shape index (κ2) is 6.69. The quantitative estimate of drug-likeness (QED) is 0.660. The maximum absolute atomic E-state index is 13.6. The number of para-hydroxylation sites is 1. The fourth-order valence-corrected chi connectivity index (χ4v) is 4.22. The molecule has 0 spiro atoms. The first-order chi connectivity index (χ1) is 15.2. The average molecular weight is 429 g/mol. The lowest BCUT2D eigenvalue weighted by Crippen LogP contribution is -2.51. The van der Waals surface area contributed by atoms with Crippen molar-refractivity contribution in [3.8, 4) is 11.5 Å². The third-order valence-electron chi connectivity index (χ3n) is 5.53. The number of rotatable bonds is 3. The predicted molar refractivity (Wildman–Crippen MR) is 105 cm³/mol. The Hall–Kier alpha value is -3.62. The number of hydrogen-bond acceptors (Lipinski definition) is 4. The Bertz CT molecular complexity index is 1280. The van der Waals surface area contributed by atoms with Crippen molar-refractivity contribution in [3.63, 3.8) is 0 Å². The maximum Gasteiger partial charge on any atom is 0.586 e. The molecule has 160 valence electrons. The van der Waals surface area contributed by atoms with Gasteiger partial charge in [-0.25, -0.2) is 4.79 Å². The highest BCUT2D eigenvalue weighted by molar-refractivity contribution is 5.90. The number of carboxylic acid groups (broad SMARTS) is 1. The number of nitrogens with zero attached hydrogens (tertiary/aromatic N) is 1. The Morgan fingerprint density at radius 2 is 2.00 bits per heavy atom. The van der Waals surface area contributed by atoms with E-state index in [1.54, 1.807) is 25.1 Å². The Labute approximate surface area is 176 Å². The van der Waals surface area contributed by atoms with Crippen molar-refractivity contribution in [2.24, 2.45) is 0 Å². The van der Waals surface area contributed by atoms with Crippen molar-refractivity contribution in [1.29, 1.82) is 0 Å². The number of fused-ring (bicyclic) bond motifs is 4. The molecule has 0 saturated heterocycles. The lowest BCUT2D eigenvalue weighted by atomic mass is 9.87. The molecule has 2 aliphatic rings. The molecule has 2 aromatic carbocycles. The van der Waals surface area contributed by atoms with Crippen LogP contribution in [0.2, 0.25) is 0 Å². The molecule has 5 rings (SSSR count). The monoisotopic (exact) mass is 429 g/mol. The molecule has 2 atom stereocenters. The van der Waals surface area contributed by atoms with Crippen molar-refractivity contribution < 1.29 is 34.3 Å². The third kappa shape index (κ3) is 2.99. The molecule has 3 heterocycles. The van der Waals surface area contributed by atoms with Crippen molar-refractivity contribution in [3.05, 3.63) is 59.3 Å². The Morgan fingerprint density at radius 3 is 2.74 bits per heavy atom. The fourth-order valence-electron chi connectivity index (χ4n) is 4.22. The minimum Gasteiger partial charge on any atom is -0.480 e. The Balaban J connectivity index is 1.79. The first-order valence-corrected chi connectivity index (χ1v) is 9.71. The summed E-state index contributed by atoms with van der Waals surface area (Å²) >= 11 is 0. The average Bonchev–Trinajstić information content (AvgIpc) is 3.28. The van der Waals surface area contributed by atoms with Crippen molar-refractivity contribution in [1.82, 2.24) is 9.88 Å². The van der Waals surface area contributed by atoms with Gasteiger partial charge in [0.2, 0.25) is 5.91 Å². The highest BCUT2D eigenvalue weighted by atomic mass is 19.3. The number of carbonyl (C=O) groups is 2. The number of aromatic nitrogens is 1. The molecule has 2 N–H and O–H groups in total. The number of carbonyl (C=O) groups excluding carboxylic acids is 1. The highest BCUT2D eigenvalue weighted by Gasteiger charge is 2.46. The summed E-state index contributed by atoms with van der Waals surface area (Å²) in [6.45, 7) is 1.57. The number of H-pyrrole nitrogens is 1. The van der Waals surface area contributed by atoms with E-state index in [1.165, 1.54) is 18.2 Å². The van der Waals surface area contributed by atoms with Gasteiger partial charge in [0.05, 0.1) is 7.39 Å². The van der Waals surface area contributed by atoms with Crippen LogP contribution in [0.25, 0.3) is 10.9 Å². The first kappa shape index (κ1) is 18.2. The number of alkyl halides is 2. The number of ether oxygens (including phenoxy) is 2. The Morgan fingerprint density at radius 1 is 1.26 bits per heavy atom. The largest absolute Gasteiger partial charge is 0.586 e. The van der Waals surface area contributed by atoms with E-state index in [2.05, 4.69) is 14.5 Å². The van der Waals surface area contributed by atoms with Crippen LogP contribution in [-0.4, -0.2) is 39.2 Å². The molecule has 7 nitrogen and oxygen atoms in total. The van der Waals surface area contributed by atoms with Crippen LogP contribution in [0, 0.1) is 0 Å². The van der Waals surface area contributed by atoms with Crippen LogP contribution in [0.15, 0.2) is 42.5 Å². The third-order valence-corrected chi connectivity index (χ3v) is 5.53. The summed E-state index contributed by atoms with van der Waals surface area (Å²) in [6.07, 6.45) is -3.89. The maximum atomic E-state index is 13.6. The van der Waals surface area contributed by atoms with Gasteiger partial charge in [-0.05, 0) is 29.3 Å². The smallest absolute Gasteiger partial charge is 0.480 e. The Kier molecular flexibility index (Phi) is 3.92. The van der Waals surface area contributed by atoms with Gasteiger partial charge in [0, 0.05) is 29.4 Å². The SMILES string of the molecule is [2H]C1(c2ccc3c(c2)OC(F)(F)O3)c2[nH]c3ccccc3c2CC(C(=O)O)N1C(=O)CC. The van der Waals surface area contributed by atoms with E-state index in [0.717, 1.165) is 10.3 Å². The molecule has 0 radical (unpaired) electrons. The molecule has 2 aliphatic heterocycles. The molecule has 9 heteroatoms. The number of amides is 1. The van der Waals surface area contributed by atoms with E-state index in [0.29, 0.717) is 16.8 Å². The molecule has 1 aromatic heterocycles. The van der Waals surface area contributed by atoms with E-state index >= 15 is 0 Å². The van der Waals surface area contributed by atoms with Gasteiger partial charge < -0.3 is 24.5 Å². The van der Waals surface area contributed by atoms with Gasteiger partial charge in [-0.3, -0.25) is 4.79 Å². The standard InChI is InChI=1S/C22H18F2N2O5/c1-2-18(27)26-15(21(28)29)10-13-12-5-3-4-6-14(12)25-19(13)20(26)11-7-8-16-17(9-11)31-22(23,24)30-16/h3-9,15,20,25H,2,10H2,1H3,(H,28,29)/i20D. The summed E-state index contributed by atoms with van der Waals surface area (Å²) < 4.78 is 45.6. The number of halogens is 2. The van der Waals surface area contributed by atoms with E-state index in [1.807, 2.05) is 6.07 Å². The molecule has 0 bridgehead atoms. The van der Waals surface area contributed by atoms with Crippen molar-refractivity contribution in [2.45, 2.75) is 38.1 Å². The van der Waals surface area contributed by atoms with Crippen LogP contribution in [-0.2, 0) is 16.0 Å². The van der Waals surface area contributed by atoms with E-state index in [4.69, 9.17) is 0 Å². The van der Waals surface area contributed by atoms with E-state index in [-0.39, 0.29) is 29.9 Å². The minimum atomic E-state index is -3.85.